The van der Waals surface area contributed by atoms with Gasteiger partial charge in [-0.1, -0.05) is 24.3 Å². The van der Waals surface area contributed by atoms with Gasteiger partial charge in [0.05, 0.1) is 34.9 Å². The molecule has 3 aromatic rings. The number of fused-ring (bicyclic) bond motifs is 2. The van der Waals surface area contributed by atoms with E-state index in [9.17, 15) is 29.6 Å². The van der Waals surface area contributed by atoms with Gasteiger partial charge in [0.25, 0.3) is 11.6 Å². The van der Waals surface area contributed by atoms with Gasteiger partial charge in [-0.3, -0.25) is 24.4 Å². The first-order chi connectivity index (χ1) is 22.9. The third kappa shape index (κ3) is 6.40. The lowest BCUT2D eigenvalue weighted by Gasteiger charge is -2.32. The number of aryl methyl sites for hydroxylation is 1. The number of nitrogens with one attached hydrogen (secondary N) is 2. The van der Waals surface area contributed by atoms with Gasteiger partial charge in [0.1, 0.15) is 0 Å². The van der Waals surface area contributed by atoms with Gasteiger partial charge in [-0.25, -0.2) is 0 Å². The van der Waals surface area contributed by atoms with Crippen molar-refractivity contribution in [1.29, 1.82) is 0 Å². The molecule has 256 valence electrons. The summed E-state index contributed by atoms with van der Waals surface area (Å²) in [6.45, 7) is 7.69. The molecule has 0 saturated carbocycles. The predicted molar refractivity (Wildman–Crippen MR) is 180 cm³/mol. The molecule has 0 aliphatic carbocycles. The van der Waals surface area contributed by atoms with Crippen LogP contribution >= 0.6 is 0 Å². The fourth-order valence-corrected chi connectivity index (χ4v) is 10.3. The molecule has 2 fully saturated rings. The summed E-state index contributed by atoms with van der Waals surface area (Å²) in [5.74, 6) is -0.918. The van der Waals surface area contributed by atoms with E-state index in [1.54, 1.807) is 21.8 Å². The maximum absolute atomic E-state index is 14.7. The Morgan fingerprint density at radius 1 is 1.25 bits per heavy atom. The van der Waals surface area contributed by atoms with Gasteiger partial charge < -0.3 is 30.2 Å². The van der Waals surface area contributed by atoms with Gasteiger partial charge in [0.2, 0.25) is 5.91 Å². The normalized spacial score (nSPS) is 25.4. The molecule has 6 rings (SSSR count). The Morgan fingerprint density at radius 2 is 2.02 bits per heavy atom. The molecule has 2 saturated heterocycles. The number of rotatable bonds is 11. The Labute approximate surface area is 279 Å². The molecular weight excluding hydrogens is 634 g/mol. The number of carbonyl (C=O) groups is 2. The average Bonchev–Trinajstić information content (AvgIpc) is 3.71. The van der Waals surface area contributed by atoms with Crippen molar-refractivity contribution in [2.45, 2.75) is 76.0 Å². The standard InChI is InChI=1S/C33H43N7O7Si/c1-21-30(48(2,3)46)29(12-15-38-20-25(13-16-41)36-37-38)47-33(21)27-17-26(40(44)45)10-11-28(27)39(32(33)43)19-22-6-8-24(9-7-22)35-31(42)23-5-4-14-34-18-23/h6-11,17,20-21,23,29-30,34,41,46H,4-5,12-16,18-19H2,1-3H3,(H,35,42)/t21-,23?,29+,30-,33+/m0/s1. The van der Waals surface area contributed by atoms with E-state index in [1.807, 2.05) is 44.3 Å². The summed E-state index contributed by atoms with van der Waals surface area (Å²) in [6, 6.07) is 11.8. The average molecular weight is 678 g/mol. The second-order valence-corrected chi connectivity index (χ2v) is 17.6. The van der Waals surface area contributed by atoms with Crippen LogP contribution in [0.15, 0.2) is 48.7 Å². The van der Waals surface area contributed by atoms with Crippen molar-refractivity contribution in [2.24, 2.45) is 11.8 Å². The predicted octanol–water partition coefficient (Wildman–Crippen LogP) is 3.09. The molecule has 15 heteroatoms. The first kappa shape index (κ1) is 33.9. The number of nitro groups is 1. The number of hydrogen-bond acceptors (Lipinski definition) is 10. The smallest absolute Gasteiger partial charge is 0.269 e. The lowest BCUT2D eigenvalue weighted by atomic mass is 9.82. The van der Waals surface area contributed by atoms with Crippen molar-refractivity contribution in [2.75, 3.05) is 29.9 Å². The number of aliphatic hydroxyl groups excluding tert-OH is 1. The summed E-state index contributed by atoms with van der Waals surface area (Å²) in [7, 11) is -2.95. The molecule has 2 aromatic carbocycles. The molecule has 14 nitrogen and oxygen atoms in total. The number of anilines is 2. The van der Waals surface area contributed by atoms with E-state index in [1.165, 1.54) is 12.1 Å². The number of benzene rings is 2. The number of piperidine rings is 1. The molecule has 2 amide bonds. The van der Waals surface area contributed by atoms with E-state index in [-0.39, 0.29) is 42.1 Å². The number of nitro benzene ring substituents is 1. The van der Waals surface area contributed by atoms with Crippen molar-refractivity contribution in [3.8, 4) is 0 Å². The van der Waals surface area contributed by atoms with Crippen LogP contribution in [0, 0.1) is 22.0 Å². The molecular formula is C33H43N7O7Si. The third-order valence-electron chi connectivity index (χ3n) is 10.0. The minimum absolute atomic E-state index is 0.0246. The fourth-order valence-electron chi connectivity index (χ4n) is 7.74. The Morgan fingerprint density at radius 3 is 2.69 bits per heavy atom. The molecule has 0 bridgehead atoms. The summed E-state index contributed by atoms with van der Waals surface area (Å²) >= 11 is 0. The topological polar surface area (TPSA) is 185 Å². The SMILES string of the molecule is C[C@H]1[C@H]([Si](C)(C)O)[C@@H](CCn2cc(CCO)nn2)O[C@]12C(=O)N(Cc1ccc(NC(=O)C3CCCNC3)cc1)c1ccc([N+](=O)[O-])cc12. The minimum atomic E-state index is -2.95. The van der Waals surface area contributed by atoms with Gasteiger partial charge in [0, 0.05) is 67.2 Å². The van der Waals surface area contributed by atoms with Crippen LogP contribution < -0.4 is 15.5 Å². The lowest BCUT2D eigenvalue weighted by molar-refractivity contribution is -0.385. The van der Waals surface area contributed by atoms with Crippen LogP contribution in [0.5, 0.6) is 0 Å². The molecule has 4 heterocycles. The summed E-state index contributed by atoms with van der Waals surface area (Å²) in [4.78, 5) is 52.0. The highest BCUT2D eigenvalue weighted by molar-refractivity contribution is 6.71. The van der Waals surface area contributed by atoms with Crippen LogP contribution in [0.4, 0.5) is 17.1 Å². The molecule has 3 aliphatic heterocycles. The summed E-state index contributed by atoms with van der Waals surface area (Å²) in [6.07, 6.45) is 3.84. The van der Waals surface area contributed by atoms with Gasteiger partial charge in [0.15, 0.2) is 13.9 Å². The molecule has 3 aliphatic rings. The second kappa shape index (κ2) is 13.5. The first-order valence-electron chi connectivity index (χ1n) is 16.5. The van der Waals surface area contributed by atoms with Crippen LogP contribution in [0.3, 0.4) is 0 Å². The number of amides is 2. The van der Waals surface area contributed by atoms with E-state index in [4.69, 9.17) is 4.74 Å². The van der Waals surface area contributed by atoms with E-state index < -0.39 is 30.9 Å². The molecule has 5 atom stereocenters. The van der Waals surface area contributed by atoms with Crippen LogP contribution in [0.25, 0.3) is 0 Å². The molecule has 0 radical (unpaired) electrons. The number of non-ortho nitro benzene ring substituents is 1. The van der Waals surface area contributed by atoms with Gasteiger partial charge in [-0.2, -0.15) is 0 Å². The molecule has 1 unspecified atom stereocenters. The zero-order valence-corrected chi connectivity index (χ0v) is 28.5. The maximum Gasteiger partial charge on any atom is 0.269 e. The van der Waals surface area contributed by atoms with Gasteiger partial charge in [-0.15, -0.1) is 5.10 Å². The molecule has 48 heavy (non-hydrogen) atoms. The molecule has 1 aromatic heterocycles. The molecule has 1 spiro atoms. The fraction of sp³-hybridized carbons (Fsp3) is 0.515. The third-order valence-corrected chi connectivity index (χ3v) is 12.5. The van der Waals surface area contributed by atoms with Crippen LogP contribution in [-0.4, -0.2) is 75.8 Å². The van der Waals surface area contributed by atoms with Crippen molar-refractivity contribution in [3.05, 3.63) is 75.6 Å². The number of hydrogen-bond donors (Lipinski definition) is 4. The summed E-state index contributed by atoms with van der Waals surface area (Å²) in [5.41, 5.74) is 1.04. The maximum atomic E-state index is 14.7. The number of aliphatic hydroxyl groups is 1. The van der Waals surface area contributed by atoms with E-state index in [0.717, 1.165) is 24.9 Å². The van der Waals surface area contributed by atoms with E-state index in [0.29, 0.717) is 48.6 Å². The number of carbonyl (C=O) groups excluding carboxylic acids is 2. The highest BCUT2D eigenvalue weighted by Gasteiger charge is 2.66. The van der Waals surface area contributed by atoms with Crippen LogP contribution in [-0.2, 0) is 39.4 Å². The van der Waals surface area contributed by atoms with Crippen molar-refractivity contribution in [3.63, 3.8) is 0 Å². The summed E-state index contributed by atoms with van der Waals surface area (Å²) in [5, 5.41) is 35.6. The quantitative estimate of drug-likeness (QED) is 0.134. The monoisotopic (exact) mass is 677 g/mol. The van der Waals surface area contributed by atoms with Crippen LogP contribution in [0.2, 0.25) is 18.6 Å². The minimum Gasteiger partial charge on any atom is -0.432 e. The van der Waals surface area contributed by atoms with Crippen LogP contribution in [0.1, 0.15) is 43.0 Å². The zero-order valence-electron chi connectivity index (χ0n) is 27.5. The number of ether oxygens (including phenoxy) is 1. The van der Waals surface area contributed by atoms with Gasteiger partial charge in [-0.05, 0) is 62.7 Å². The highest BCUT2D eigenvalue weighted by atomic mass is 28.4. The number of nitrogens with zero attached hydrogens (tertiary/aromatic N) is 5. The second-order valence-electron chi connectivity index (χ2n) is 13.7. The van der Waals surface area contributed by atoms with Crippen molar-refractivity contribution < 1.29 is 29.2 Å². The van der Waals surface area contributed by atoms with Gasteiger partial charge >= 0.3 is 0 Å². The Hall–Kier alpha value is -4.02. The molecule has 4 N–H and O–H groups in total. The number of aromatic nitrogens is 3. The van der Waals surface area contributed by atoms with E-state index in [2.05, 4.69) is 20.9 Å². The zero-order chi connectivity index (χ0) is 34.2. The summed E-state index contributed by atoms with van der Waals surface area (Å²) < 4.78 is 8.47. The largest absolute Gasteiger partial charge is 0.432 e. The first-order valence-corrected chi connectivity index (χ1v) is 19.6. The van der Waals surface area contributed by atoms with Crippen molar-refractivity contribution in [1.82, 2.24) is 20.3 Å². The van der Waals surface area contributed by atoms with Crippen molar-refractivity contribution >= 4 is 37.2 Å². The van der Waals surface area contributed by atoms with E-state index >= 15 is 0 Å². The Balaban J connectivity index is 1.28. The Kier molecular flexibility index (Phi) is 9.50. The Bertz CT molecular complexity index is 1670. The highest BCUT2D eigenvalue weighted by Crippen LogP contribution is 2.60. The lowest BCUT2D eigenvalue weighted by Crippen LogP contribution is -2.46.